The molecule has 0 saturated heterocycles. The van der Waals surface area contributed by atoms with Gasteiger partial charge < -0.3 is 15.6 Å². The molecule has 6 aromatic rings. The molecule has 216 valence electrons. The van der Waals surface area contributed by atoms with Crippen molar-refractivity contribution >= 4 is 33.7 Å². The van der Waals surface area contributed by atoms with Crippen LogP contribution in [0.25, 0.3) is 55.8 Å². The molecule has 0 unspecified atom stereocenters. The van der Waals surface area contributed by atoms with E-state index in [1.807, 2.05) is 25.2 Å². The molecule has 1 aliphatic carbocycles. The summed E-state index contributed by atoms with van der Waals surface area (Å²) in [4.78, 5) is 34.4. The van der Waals surface area contributed by atoms with Crippen LogP contribution in [0, 0.1) is 11.7 Å². The van der Waals surface area contributed by atoms with E-state index >= 15 is 0 Å². The highest BCUT2D eigenvalue weighted by Crippen LogP contribution is 2.33. The summed E-state index contributed by atoms with van der Waals surface area (Å²) >= 11 is 0. The number of pyridine rings is 3. The van der Waals surface area contributed by atoms with Crippen LogP contribution in [-0.4, -0.2) is 48.1 Å². The fourth-order valence-corrected chi connectivity index (χ4v) is 5.89. The highest BCUT2D eigenvalue weighted by Gasteiger charge is 2.22. The minimum Gasteiger partial charge on any atom is -0.335 e. The quantitative estimate of drug-likeness (QED) is 0.183. The Bertz CT molecular complexity index is 1960. The number of aromatic nitrogens is 7. The van der Waals surface area contributed by atoms with Crippen molar-refractivity contribution in [2.24, 2.45) is 5.92 Å². The summed E-state index contributed by atoms with van der Waals surface area (Å²) in [6, 6.07) is 8.84. The van der Waals surface area contributed by atoms with Crippen molar-refractivity contribution in [2.75, 3.05) is 12.4 Å². The van der Waals surface area contributed by atoms with Crippen LogP contribution < -0.4 is 10.6 Å². The summed E-state index contributed by atoms with van der Waals surface area (Å²) < 4.78 is 14.5. The minimum absolute atomic E-state index is 0.0552. The summed E-state index contributed by atoms with van der Waals surface area (Å²) in [7, 11) is 1.82. The lowest BCUT2D eigenvalue weighted by Gasteiger charge is -2.20. The first kappa shape index (κ1) is 26.8. The van der Waals surface area contributed by atoms with Crippen molar-refractivity contribution in [3.8, 4) is 33.8 Å². The first-order valence-electron chi connectivity index (χ1n) is 14.4. The Morgan fingerprint density at radius 1 is 0.953 bits per heavy atom. The van der Waals surface area contributed by atoms with Gasteiger partial charge in [-0.05, 0) is 61.3 Å². The molecule has 4 N–H and O–H groups in total. The van der Waals surface area contributed by atoms with Crippen LogP contribution in [0.3, 0.4) is 0 Å². The fraction of sp³-hybridized carbons (Fsp3) is 0.250. The third-order valence-corrected chi connectivity index (χ3v) is 8.01. The zero-order valence-electron chi connectivity index (χ0n) is 23.6. The Kier molecular flexibility index (Phi) is 7.07. The lowest BCUT2D eigenvalue weighted by molar-refractivity contribution is -0.120. The largest absolute Gasteiger partial charge is 0.335 e. The van der Waals surface area contributed by atoms with E-state index in [0.29, 0.717) is 46.0 Å². The van der Waals surface area contributed by atoms with Crippen LogP contribution in [0.5, 0.6) is 0 Å². The summed E-state index contributed by atoms with van der Waals surface area (Å²) in [5.74, 6) is 0.351. The van der Waals surface area contributed by atoms with E-state index in [4.69, 9.17) is 4.98 Å². The SMILES string of the molecule is CNCc1cc(F)cc(-c2cncc3[nH]c(-c4[nH]nc5ncc(-c6cncc(NC(=O)C7CCCCC7)c6)cc45)nc23)c1. The Morgan fingerprint density at radius 2 is 1.79 bits per heavy atom. The lowest BCUT2D eigenvalue weighted by Crippen LogP contribution is -2.24. The molecule has 43 heavy (non-hydrogen) atoms. The van der Waals surface area contributed by atoms with Gasteiger partial charge in [-0.25, -0.2) is 14.4 Å². The molecule has 1 aromatic carbocycles. The average molecular weight is 576 g/mol. The Labute approximate surface area is 246 Å². The minimum atomic E-state index is -0.319. The lowest BCUT2D eigenvalue weighted by atomic mass is 9.88. The molecule has 10 nitrogen and oxygen atoms in total. The number of hydrogen-bond acceptors (Lipinski definition) is 7. The van der Waals surface area contributed by atoms with Crippen LogP contribution >= 0.6 is 0 Å². The molecule has 7 rings (SSSR count). The van der Waals surface area contributed by atoms with Gasteiger partial charge in [0.15, 0.2) is 11.5 Å². The molecular formula is C32H30FN9O. The standard InChI is InChI=1S/C32H30FN9O/c1-34-12-18-7-20(9-23(33)8-18)26-16-36-17-27-28(26)40-31(39-27)29-25-11-22(14-37-30(25)42-41-29)21-10-24(15-35-13-21)38-32(43)19-5-3-2-4-6-19/h7-11,13-17,19,34H,2-6,12H2,1H3,(H,38,43)(H,39,40)(H,37,41,42). The molecule has 0 bridgehead atoms. The van der Waals surface area contributed by atoms with Gasteiger partial charge in [-0.2, -0.15) is 5.10 Å². The Morgan fingerprint density at radius 3 is 2.65 bits per heavy atom. The number of imidazole rings is 1. The van der Waals surface area contributed by atoms with Gasteiger partial charge in [-0.15, -0.1) is 0 Å². The van der Waals surface area contributed by atoms with E-state index in [9.17, 15) is 9.18 Å². The third kappa shape index (κ3) is 5.35. The number of fused-ring (bicyclic) bond motifs is 2. The summed E-state index contributed by atoms with van der Waals surface area (Å²) in [6.07, 6.45) is 13.8. The van der Waals surface area contributed by atoms with Crippen LogP contribution in [-0.2, 0) is 11.3 Å². The molecule has 1 aliphatic rings. The average Bonchev–Trinajstić information content (AvgIpc) is 3.65. The number of carbonyl (C=O) groups excluding carboxylic acids is 1. The summed E-state index contributed by atoms with van der Waals surface area (Å²) in [6.45, 7) is 0.542. The third-order valence-electron chi connectivity index (χ3n) is 8.01. The van der Waals surface area contributed by atoms with Crippen LogP contribution in [0.4, 0.5) is 10.1 Å². The zero-order chi connectivity index (χ0) is 29.3. The van der Waals surface area contributed by atoms with E-state index in [-0.39, 0.29) is 17.6 Å². The second kappa shape index (κ2) is 11.3. The molecule has 5 heterocycles. The highest BCUT2D eigenvalue weighted by molar-refractivity contribution is 5.97. The zero-order valence-corrected chi connectivity index (χ0v) is 23.6. The van der Waals surface area contributed by atoms with Crippen molar-refractivity contribution in [1.29, 1.82) is 0 Å². The number of amides is 1. The fourth-order valence-electron chi connectivity index (χ4n) is 5.89. The number of H-pyrrole nitrogens is 2. The maximum Gasteiger partial charge on any atom is 0.227 e. The van der Waals surface area contributed by atoms with Gasteiger partial charge in [0.1, 0.15) is 11.5 Å². The first-order chi connectivity index (χ1) is 21.1. The van der Waals surface area contributed by atoms with Crippen LogP contribution in [0.1, 0.15) is 37.7 Å². The number of rotatable bonds is 7. The number of benzene rings is 1. The topological polar surface area (TPSA) is 137 Å². The molecule has 1 amide bonds. The number of carbonyl (C=O) groups is 1. The molecule has 1 fully saturated rings. The number of anilines is 1. The van der Waals surface area contributed by atoms with Crippen molar-refractivity contribution in [2.45, 2.75) is 38.6 Å². The number of nitrogens with one attached hydrogen (secondary N) is 4. The molecular weight excluding hydrogens is 545 g/mol. The van der Waals surface area contributed by atoms with E-state index in [1.54, 1.807) is 31.0 Å². The van der Waals surface area contributed by atoms with E-state index in [2.05, 4.69) is 40.8 Å². The normalized spacial score (nSPS) is 14.0. The highest BCUT2D eigenvalue weighted by atomic mass is 19.1. The van der Waals surface area contributed by atoms with Gasteiger partial charge in [-0.1, -0.05) is 19.3 Å². The molecule has 11 heteroatoms. The van der Waals surface area contributed by atoms with Gasteiger partial charge in [0.2, 0.25) is 5.91 Å². The predicted molar refractivity (Wildman–Crippen MR) is 163 cm³/mol. The van der Waals surface area contributed by atoms with Crippen molar-refractivity contribution in [3.63, 3.8) is 0 Å². The number of hydrogen-bond donors (Lipinski definition) is 4. The second-order valence-corrected chi connectivity index (χ2v) is 11.0. The maximum atomic E-state index is 14.5. The molecule has 0 radical (unpaired) electrons. The van der Waals surface area contributed by atoms with E-state index in [0.717, 1.165) is 53.3 Å². The van der Waals surface area contributed by atoms with E-state index < -0.39 is 0 Å². The van der Waals surface area contributed by atoms with Gasteiger partial charge in [0.25, 0.3) is 0 Å². The van der Waals surface area contributed by atoms with Gasteiger partial charge >= 0.3 is 0 Å². The molecule has 1 saturated carbocycles. The monoisotopic (exact) mass is 575 g/mol. The molecule has 0 spiro atoms. The van der Waals surface area contributed by atoms with Gasteiger partial charge in [-0.3, -0.25) is 19.9 Å². The van der Waals surface area contributed by atoms with Crippen molar-refractivity contribution in [3.05, 3.63) is 72.7 Å². The molecule has 0 atom stereocenters. The van der Waals surface area contributed by atoms with Crippen LogP contribution in [0.15, 0.2) is 61.3 Å². The maximum absolute atomic E-state index is 14.5. The first-order valence-corrected chi connectivity index (χ1v) is 14.4. The number of halogens is 1. The number of nitrogens with zero attached hydrogens (tertiary/aromatic N) is 5. The molecule has 5 aromatic heterocycles. The van der Waals surface area contributed by atoms with Gasteiger partial charge in [0.05, 0.1) is 34.5 Å². The number of aromatic amines is 2. The summed E-state index contributed by atoms with van der Waals surface area (Å²) in [5, 5.41) is 14.3. The second-order valence-electron chi connectivity index (χ2n) is 11.0. The molecule has 0 aliphatic heterocycles. The van der Waals surface area contributed by atoms with Crippen LogP contribution in [0.2, 0.25) is 0 Å². The van der Waals surface area contributed by atoms with Gasteiger partial charge in [0, 0.05) is 47.7 Å². The van der Waals surface area contributed by atoms with Crippen molar-refractivity contribution < 1.29 is 9.18 Å². The van der Waals surface area contributed by atoms with Crippen molar-refractivity contribution in [1.82, 2.24) is 40.4 Å². The Hall–Kier alpha value is -5.03. The van der Waals surface area contributed by atoms with E-state index in [1.165, 1.54) is 18.6 Å². The smallest absolute Gasteiger partial charge is 0.227 e. The Balaban J connectivity index is 1.22. The predicted octanol–water partition coefficient (Wildman–Crippen LogP) is 6.00. The summed E-state index contributed by atoms with van der Waals surface area (Å²) in [5.41, 5.74) is 7.14.